The topological polar surface area (TPSA) is 16.4 Å². The summed E-state index contributed by atoms with van der Waals surface area (Å²) < 4.78 is 33.7. The Morgan fingerprint density at radius 2 is 1.19 bits per heavy atom. The number of hydrogen-bond donors (Lipinski definition) is 0. The van der Waals surface area contributed by atoms with Gasteiger partial charge in [-0.25, -0.2) is 8.78 Å². The third kappa shape index (κ3) is 2.92. The van der Waals surface area contributed by atoms with E-state index < -0.39 is 0 Å². The lowest BCUT2D eigenvalue weighted by molar-refractivity contribution is 0.628. The Hall–Kier alpha value is -4.18. The zero-order chi connectivity index (χ0) is 21.7. The van der Waals surface area contributed by atoms with Gasteiger partial charge in [-0.2, -0.15) is 0 Å². The zero-order valence-corrected chi connectivity index (χ0v) is 16.9. The molecule has 0 aliphatic rings. The second kappa shape index (κ2) is 7.20. The first kappa shape index (κ1) is 18.6. The summed E-state index contributed by atoms with van der Waals surface area (Å²) in [5.74, 6) is -0.637. The van der Waals surface area contributed by atoms with Crippen molar-refractivity contribution in [3.8, 4) is 0 Å². The van der Waals surface area contributed by atoms with Crippen LogP contribution in [0.5, 0.6) is 0 Å². The normalized spacial score (nSPS) is 11.4. The van der Waals surface area contributed by atoms with E-state index in [1.54, 1.807) is 24.3 Å². The maximum absolute atomic E-state index is 13.7. The number of nitrogens with zero attached hydrogens (tertiary/aromatic N) is 1. The number of hydrogen-bond acceptors (Lipinski definition) is 2. The molecule has 0 bridgehead atoms. The highest BCUT2D eigenvalue weighted by atomic mass is 19.1. The van der Waals surface area contributed by atoms with Crippen LogP contribution in [-0.2, 0) is 0 Å². The smallest absolute Gasteiger partial charge is 0.159 e. The lowest BCUT2D eigenvalue weighted by Crippen LogP contribution is -2.10. The Bertz CT molecular complexity index is 1540. The maximum Gasteiger partial charge on any atom is 0.159 e. The van der Waals surface area contributed by atoms with E-state index in [4.69, 9.17) is 4.42 Å². The van der Waals surface area contributed by atoms with Gasteiger partial charge < -0.3 is 9.32 Å². The van der Waals surface area contributed by atoms with Gasteiger partial charge in [0.25, 0.3) is 0 Å². The highest BCUT2D eigenvalue weighted by Gasteiger charge is 2.20. The van der Waals surface area contributed by atoms with Crippen LogP contribution >= 0.6 is 0 Å². The molecule has 0 saturated carbocycles. The lowest BCUT2D eigenvalue weighted by Gasteiger charge is -2.25. The summed E-state index contributed by atoms with van der Waals surface area (Å²) in [4.78, 5) is 1.95. The van der Waals surface area contributed by atoms with Gasteiger partial charge in [0.2, 0.25) is 0 Å². The highest BCUT2D eigenvalue weighted by molar-refractivity contribution is 6.20. The number of benzene rings is 5. The van der Waals surface area contributed by atoms with E-state index in [9.17, 15) is 8.78 Å². The van der Waals surface area contributed by atoms with Crippen LogP contribution in [0.1, 0.15) is 0 Å². The maximum atomic E-state index is 13.7. The fourth-order valence-corrected chi connectivity index (χ4v) is 4.34. The van der Waals surface area contributed by atoms with E-state index >= 15 is 0 Å². The Balaban J connectivity index is 1.67. The molecule has 0 radical (unpaired) electrons. The van der Waals surface area contributed by atoms with E-state index in [-0.39, 0.29) is 11.6 Å². The SMILES string of the molecule is Fc1ccc(N(c2ccc(F)cc2)c2cccc3c2oc2ccc4ccccc4c23)cc1. The third-order valence-corrected chi connectivity index (χ3v) is 5.78. The first-order chi connectivity index (χ1) is 15.7. The monoisotopic (exact) mass is 421 g/mol. The van der Waals surface area contributed by atoms with Gasteiger partial charge >= 0.3 is 0 Å². The van der Waals surface area contributed by atoms with E-state index in [1.165, 1.54) is 24.3 Å². The summed E-state index contributed by atoms with van der Waals surface area (Å²) in [5.41, 5.74) is 3.80. The second-order valence-electron chi connectivity index (χ2n) is 7.70. The van der Waals surface area contributed by atoms with Crippen molar-refractivity contribution in [2.45, 2.75) is 0 Å². The van der Waals surface area contributed by atoms with Crippen molar-refractivity contribution in [3.05, 3.63) is 115 Å². The average Bonchev–Trinajstić information content (AvgIpc) is 3.22. The Morgan fingerprint density at radius 1 is 0.562 bits per heavy atom. The first-order valence-electron chi connectivity index (χ1n) is 10.3. The molecule has 2 nitrogen and oxygen atoms in total. The summed E-state index contributed by atoms with van der Waals surface area (Å²) in [6, 6.07) is 30.7. The van der Waals surface area contributed by atoms with Crippen LogP contribution in [0.3, 0.4) is 0 Å². The van der Waals surface area contributed by atoms with Crippen molar-refractivity contribution in [1.82, 2.24) is 0 Å². The van der Waals surface area contributed by atoms with Gasteiger partial charge in [-0.15, -0.1) is 0 Å². The molecule has 5 aromatic carbocycles. The summed E-state index contributed by atoms with van der Waals surface area (Å²) in [5, 5.41) is 4.31. The molecule has 0 atom stereocenters. The molecular formula is C28H17F2NO. The predicted octanol–water partition coefficient (Wildman–Crippen LogP) is 8.49. The molecule has 6 aromatic rings. The fraction of sp³-hybridized carbons (Fsp3) is 0. The first-order valence-corrected chi connectivity index (χ1v) is 10.3. The van der Waals surface area contributed by atoms with Crippen LogP contribution in [0.25, 0.3) is 32.7 Å². The molecule has 0 aliphatic carbocycles. The largest absolute Gasteiger partial charge is 0.454 e. The molecule has 0 saturated heterocycles. The molecule has 1 aromatic heterocycles. The van der Waals surface area contributed by atoms with Crippen LogP contribution in [0.2, 0.25) is 0 Å². The second-order valence-corrected chi connectivity index (χ2v) is 7.70. The van der Waals surface area contributed by atoms with Crippen LogP contribution in [0, 0.1) is 11.6 Å². The lowest BCUT2D eigenvalue weighted by atomic mass is 10.0. The number of halogens is 2. The Labute approximate surface area is 182 Å². The molecule has 6 rings (SSSR count). The van der Waals surface area contributed by atoms with Gasteiger partial charge in [-0.05, 0) is 71.4 Å². The van der Waals surface area contributed by atoms with Gasteiger partial charge in [0.15, 0.2) is 5.58 Å². The summed E-state index contributed by atoms with van der Waals surface area (Å²) >= 11 is 0. The van der Waals surface area contributed by atoms with Crippen LogP contribution in [0.4, 0.5) is 25.8 Å². The summed E-state index contributed by atoms with van der Waals surface area (Å²) in [7, 11) is 0. The van der Waals surface area contributed by atoms with Crippen molar-refractivity contribution in [2.75, 3.05) is 4.90 Å². The Kier molecular flexibility index (Phi) is 4.18. The number of anilines is 3. The van der Waals surface area contributed by atoms with Crippen molar-refractivity contribution in [2.24, 2.45) is 0 Å². The highest BCUT2D eigenvalue weighted by Crippen LogP contribution is 2.43. The van der Waals surface area contributed by atoms with Gasteiger partial charge in [0.05, 0.1) is 5.69 Å². The van der Waals surface area contributed by atoms with Crippen molar-refractivity contribution < 1.29 is 13.2 Å². The molecule has 154 valence electrons. The molecule has 32 heavy (non-hydrogen) atoms. The van der Waals surface area contributed by atoms with Crippen LogP contribution < -0.4 is 4.90 Å². The van der Waals surface area contributed by atoms with Crippen molar-refractivity contribution in [3.63, 3.8) is 0 Å². The van der Waals surface area contributed by atoms with E-state index in [1.807, 2.05) is 41.3 Å². The van der Waals surface area contributed by atoms with E-state index in [0.717, 1.165) is 44.2 Å². The minimum Gasteiger partial charge on any atom is -0.454 e. The molecule has 0 fully saturated rings. The minimum absolute atomic E-state index is 0.318. The molecule has 0 aliphatic heterocycles. The standard InChI is InChI=1S/C28H17F2NO/c29-19-9-13-21(14-10-19)31(22-15-11-20(30)12-16-22)25-7-3-6-24-27-23-5-2-1-4-18(23)8-17-26(27)32-28(24)25/h1-17H. The van der Waals surface area contributed by atoms with Crippen LogP contribution in [-0.4, -0.2) is 0 Å². The molecule has 0 spiro atoms. The Morgan fingerprint density at radius 3 is 1.88 bits per heavy atom. The number of furan rings is 1. The molecule has 0 unspecified atom stereocenters. The van der Waals surface area contributed by atoms with Gasteiger partial charge in [-0.1, -0.05) is 42.5 Å². The van der Waals surface area contributed by atoms with Crippen LogP contribution in [0.15, 0.2) is 108 Å². The molecule has 0 amide bonds. The van der Waals surface area contributed by atoms with Gasteiger partial charge in [0, 0.05) is 22.1 Å². The number of fused-ring (bicyclic) bond motifs is 5. The number of para-hydroxylation sites is 1. The zero-order valence-electron chi connectivity index (χ0n) is 16.9. The molecule has 4 heteroatoms. The van der Waals surface area contributed by atoms with E-state index in [0.29, 0.717) is 5.58 Å². The summed E-state index contributed by atoms with van der Waals surface area (Å²) in [6.07, 6.45) is 0. The van der Waals surface area contributed by atoms with Gasteiger partial charge in [0.1, 0.15) is 17.2 Å². The predicted molar refractivity (Wildman–Crippen MR) is 126 cm³/mol. The summed E-state index contributed by atoms with van der Waals surface area (Å²) in [6.45, 7) is 0. The van der Waals surface area contributed by atoms with Crippen molar-refractivity contribution in [1.29, 1.82) is 0 Å². The molecular weight excluding hydrogens is 404 g/mol. The fourth-order valence-electron chi connectivity index (χ4n) is 4.34. The molecule has 1 heterocycles. The third-order valence-electron chi connectivity index (χ3n) is 5.78. The average molecular weight is 421 g/mol. The number of rotatable bonds is 3. The van der Waals surface area contributed by atoms with Gasteiger partial charge in [-0.3, -0.25) is 0 Å². The van der Waals surface area contributed by atoms with Crippen molar-refractivity contribution >= 4 is 49.8 Å². The quantitative estimate of drug-likeness (QED) is 0.285. The molecule has 0 N–H and O–H groups in total. The van der Waals surface area contributed by atoms with E-state index in [2.05, 4.69) is 18.2 Å². The minimum atomic E-state index is -0.318.